The average Bonchev–Trinajstić information content (AvgIpc) is 2.33. The van der Waals surface area contributed by atoms with Gasteiger partial charge < -0.3 is 9.84 Å². The Bertz CT molecular complexity index is 303. The maximum atomic E-state index is 5.63. The Kier molecular flexibility index (Phi) is 6.82. The SMILES string of the molecule is CNC/C=C\CN(C)POc1ccccc1. The fourth-order valence-corrected chi connectivity index (χ4v) is 1.67. The third-order valence-corrected chi connectivity index (χ3v) is 2.75. The number of nitrogens with zero attached hydrogens (tertiary/aromatic N) is 1. The van der Waals surface area contributed by atoms with Crippen LogP contribution < -0.4 is 9.84 Å². The van der Waals surface area contributed by atoms with Gasteiger partial charge in [0.05, 0.1) is 0 Å². The first-order valence-corrected chi connectivity index (χ1v) is 6.16. The van der Waals surface area contributed by atoms with Crippen LogP contribution in [-0.4, -0.2) is 31.9 Å². The normalized spacial score (nSPS) is 11.9. The van der Waals surface area contributed by atoms with Gasteiger partial charge in [0, 0.05) is 13.1 Å². The van der Waals surface area contributed by atoms with E-state index in [1.807, 2.05) is 44.4 Å². The van der Waals surface area contributed by atoms with Gasteiger partial charge in [0.15, 0.2) is 0 Å². The zero-order valence-electron chi connectivity index (χ0n) is 9.81. The molecule has 88 valence electrons. The molecule has 0 bridgehead atoms. The number of hydrogen-bond donors (Lipinski definition) is 1. The van der Waals surface area contributed by atoms with Gasteiger partial charge in [0.25, 0.3) is 0 Å². The Morgan fingerprint density at radius 2 is 2.06 bits per heavy atom. The molecule has 0 aliphatic heterocycles. The molecule has 1 unspecified atom stereocenters. The van der Waals surface area contributed by atoms with Gasteiger partial charge in [-0.1, -0.05) is 30.4 Å². The van der Waals surface area contributed by atoms with Crippen LogP contribution in [0.5, 0.6) is 5.75 Å². The number of hydrogen-bond acceptors (Lipinski definition) is 3. The highest BCUT2D eigenvalue weighted by atomic mass is 31.1. The highest BCUT2D eigenvalue weighted by Crippen LogP contribution is 2.22. The van der Waals surface area contributed by atoms with Crippen LogP contribution in [0.2, 0.25) is 0 Å². The molecule has 1 aromatic rings. The molecular weight excluding hydrogens is 219 g/mol. The Morgan fingerprint density at radius 1 is 1.31 bits per heavy atom. The van der Waals surface area contributed by atoms with Crippen LogP contribution in [-0.2, 0) is 0 Å². The van der Waals surface area contributed by atoms with Gasteiger partial charge >= 0.3 is 0 Å². The molecule has 0 heterocycles. The Labute approximate surface area is 99.4 Å². The van der Waals surface area contributed by atoms with E-state index >= 15 is 0 Å². The molecule has 3 nitrogen and oxygen atoms in total. The summed E-state index contributed by atoms with van der Waals surface area (Å²) in [6.07, 6.45) is 4.25. The van der Waals surface area contributed by atoms with Crippen molar-refractivity contribution in [3.63, 3.8) is 0 Å². The van der Waals surface area contributed by atoms with Crippen molar-refractivity contribution in [3.8, 4) is 5.75 Å². The quantitative estimate of drug-likeness (QED) is 0.582. The zero-order valence-corrected chi connectivity index (χ0v) is 10.8. The maximum Gasteiger partial charge on any atom is 0.149 e. The van der Waals surface area contributed by atoms with E-state index in [1.54, 1.807) is 0 Å². The minimum absolute atomic E-state index is 0.357. The van der Waals surface area contributed by atoms with Crippen LogP contribution >= 0.6 is 8.96 Å². The number of rotatable bonds is 7. The monoisotopic (exact) mass is 238 g/mol. The van der Waals surface area contributed by atoms with E-state index in [-0.39, 0.29) is 0 Å². The van der Waals surface area contributed by atoms with Crippen molar-refractivity contribution in [1.82, 2.24) is 9.99 Å². The lowest BCUT2D eigenvalue weighted by atomic mass is 10.3. The van der Waals surface area contributed by atoms with Gasteiger partial charge in [-0.15, -0.1) is 0 Å². The van der Waals surface area contributed by atoms with Gasteiger partial charge in [-0.25, -0.2) is 0 Å². The van der Waals surface area contributed by atoms with Crippen molar-refractivity contribution in [2.45, 2.75) is 0 Å². The summed E-state index contributed by atoms with van der Waals surface area (Å²) in [4.78, 5) is 0. The fourth-order valence-electron chi connectivity index (χ4n) is 1.09. The summed E-state index contributed by atoms with van der Waals surface area (Å²) in [7, 11) is 4.34. The number of likely N-dealkylation sites (N-methyl/N-ethyl adjacent to an activating group) is 2. The second-order valence-electron chi connectivity index (χ2n) is 3.42. The second kappa shape index (κ2) is 8.28. The molecule has 1 atom stereocenters. The maximum absolute atomic E-state index is 5.63. The van der Waals surface area contributed by atoms with E-state index in [0.29, 0.717) is 8.96 Å². The van der Waals surface area contributed by atoms with Gasteiger partial charge in [0.2, 0.25) is 0 Å². The van der Waals surface area contributed by atoms with Crippen molar-refractivity contribution in [3.05, 3.63) is 42.5 Å². The largest absolute Gasteiger partial charge is 0.461 e. The molecule has 4 heteroatoms. The lowest BCUT2D eigenvalue weighted by molar-refractivity contribution is 0.527. The molecule has 0 fully saturated rings. The molecule has 1 rings (SSSR count). The van der Waals surface area contributed by atoms with Gasteiger partial charge in [-0.2, -0.15) is 0 Å². The Morgan fingerprint density at radius 3 is 2.75 bits per heavy atom. The van der Waals surface area contributed by atoms with Crippen LogP contribution in [0.25, 0.3) is 0 Å². The number of benzene rings is 1. The summed E-state index contributed by atoms with van der Waals surface area (Å²) in [5, 5.41) is 3.06. The first-order chi connectivity index (χ1) is 7.83. The van der Waals surface area contributed by atoms with Crippen molar-refractivity contribution in [1.29, 1.82) is 0 Å². The van der Waals surface area contributed by atoms with Gasteiger partial charge in [0.1, 0.15) is 14.7 Å². The molecule has 0 aliphatic rings. The predicted octanol–water partition coefficient (Wildman–Crippen LogP) is 2.28. The summed E-state index contributed by atoms with van der Waals surface area (Å²) >= 11 is 0. The first-order valence-electron chi connectivity index (χ1n) is 5.31. The molecule has 0 radical (unpaired) electrons. The summed E-state index contributed by atoms with van der Waals surface area (Å²) in [5.74, 6) is 0.923. The predicted molar refractivity (Wildman–Crippen MR) is 71.1 cm³/mol. The summed E-state index contributed by atoms with van der Waals surface area (Å²) in [6.45, 7) is 1.82. The van der Waals surface area contributed by atoms with E-state index < -0.39 is 0 Å². The van der Waals surface area contributed by atoms with E-state index in [9.17, 15) is 0 Å². The lowest BCUT2D eigenvalue weighted by Gasteiger charge is -2.14. The number of nitrogens with one attached hydrogen (secondary N) is 1. The van der Waals surface area contributed by atoms with Crippen molar-refractivity contribution >= 4 is 8.96 Å². The molecule has 1 aromatic carbocycles. The zero-order chi connectivity index (χ0) is 11.6. The van der Waals surface area contributed by atoms with Crippen LogP contribution in [0.3, 0.4) is 0 Å². The summed E-state index contributed by atoms with van der Waals surface area (Å²) < 4.78 is 7.77. The molecule has 0 spiro atoms. The second-order valence-corrected chi connectivity index (χ2v) is 4.57. The molecule has 16 heavy (non-hydrogen) atoms. The molecular formula is C12H19N2OP. The average molecular weight is 238 g/mol. The topological polar surface area (TPSA) is 24.5 Å². The highest BCUT2D eigenvalue weighted by Gasteiger charge is 1.96. The van der Waals surface area contributed by atoms with Crippen LogP contribution in [0.1, 0.15) is 0 Å². The lowest BCUT2D eigenvalue weighted by Crippen LogP contribution is -2.10. The van der Waals surface area contributed by atoms with Crippen LogP contribution in [0, 0.1) is 0 Å². The van der Waals surface area contributed by atoms with Gasteiger partial charge in [-0.05, 0) is 26.2 Å². The minimum atomic E-state index is 0.357. The third-order valence-electron chi connectivity index (χ3n) is 1.93. The molecule has 0 saturated carbocycles. The third kappa shape index (κ3) is 5.86. The van der Waals surface area contributed by atoms with Gasteiger partial charge in [-0.3, -0.25) is 4.67 Å². The van der Waals surface area contributed by atoms with Crippen molar-refractivity contribution in [2.24, 2.45) is 0 Å². The Hall–Kier alpha value is -0.890. The molecule has 0 aromatic heterocycles. The minimum Gasteiger partial charge on any atom is -0.461 e. The molecule has 1 N–H and O–H groups in total. The van der Waals surface area contributed by atoms with E-state index in [0.717, 1.165) is 18.8 Å². The van der Waals surface area contributed by atoms with Crippen molar-refractivity contribution in [2.75, 3.05) is 27.2 Å². The number of para-hydroxylation sites is 1. The Balaban J connectivity index is 2.17. The standard InChI is InChI=1S/C12H19N2OP/c1-13-10-6-7-11-14(2)16-15-12-8-4-3-5-9-12/h3-9,13,16H,10-11H2,1-2H3/b7-6-. The first kappa shape index (κ1) is 13.2. The van der Waals surface area contributed by atoms with Crippen LogP contribution in [0.4, 0.5) is 0 Å². The summed E-state index contributed by atoms with van der Waals surface area (Å²) in [6, 6.07) is 9.88. The molecule has 0 aliphatic carbocycles. The molecule has 0 amide bonds. The highest BCUT2D eigenvalue weighted by molar-refractivity contribution is 7.29. The van der Waals surface area contributed by atoms with E-state index in [1.165, 1.54) is 0 Å². The summed E-state index contributed by atoms with van der Waals surface area (Å²) in [5.41, 5.74) is 0. The van der Waals surface area contributed by atoms with E-state index in [2.05, 4.69) is 22.1 Å². The van der Waals surface area contributed by atoms with Crippen LogP contribution in [0.15, 0.2) is 42.5 Å². The smallest absolute Gasteiger partial charge is 0.149 e. The van der Waals surface area contributed by atoms with Crippen molar-refractivity contribution < 1.29 is 4.52 Å². The fraction of sp³-hybridized carbons (Fsp3) is 0.333. The molecule has 0 saturated heterocycles. The van der Waals surface area contributed by atoms with E-state index in [4.69, 9.17) is 4.52 Å².